The third-order valence-corrected chi connectivity index (χ3v) is 4.68. The number of benzene rings is 1. The number of ether oxygens (including phenoxy) is 3. The van der Waals surface area contributed by atoms with Crippen LogP contribution < -0.4 is 9.47 Å². The van der Waals surface area contributed by atoms with E-state index in [1.165, 1.54) is 0 Å². The lowest BCUT2D eigenvalue weighted by Gasteiger charge is -2.40. The molecule has 2 atom stereocenters. The van der Waals surface area contributed by atoms with Crippen molar-refractivity contribution in [3.8, 4) is 11.5 Å². The van der Waals surface area contributed by atoms with Crippen LogP contribution >= 0.6 is 0 Å². The summed E-state index contributed by atoms with van der Waals surface area (Å²) in [6.07, 6.45) is 1.30. The highest BCUT2D eigenvalue weighted by Crippen LogP contribution is 2.44. The summed E-state index contributed by atoms with van der Waals surface area (Å²) >= 11 is 0. The van der Waals surface area contributed by atoms with Gasteiger partial charge in [-0.2, -0.15) is 0 Å². The Hall–Kier alpha value is -2.28. The summed E-state index contributed by atoms with van der Waals surface area (Å²) in [5, 5.41) is 9.72. The van der Waals surface area contributed by atoms with E-state index in [0.29, 0.717) is 49.8 Å². The molecule has 3 rings (SSSR count). The van der Waals surface area contributed by atoms with Crippen molar-refractivity contribution in [3.05, 3.63) is 23.8 Å². The van der Waals surface area contributed by atoms with Gasteiger partial charge < -0.3 is 24.2 Å². The van der Waals surface area contributed by atoms with Crippen molar-refractivity contribution in [2.75, 3.05) is 33.5 Å². The van der Waals surface area contributed by atoms with E-state index in [4.69, 9.17) is 14.2 Å². The number of carboxylic acid groups (broad SMARTS) is 1. The van der Waals surface area contributed by atoms with Crippen LogP contribution in [-0.4, -0.2) is 55.4 Å². The van der Waals surface area contributed by atoms with E-state index in [-0.39, 0.29) is 12.3 Å². The molecule has 1 amide bonds. The largest absolute Gasteiger partial charge is 0.490 e. The molecule has 0 aromatic heterocycles. The van der Waals surface area contributed by atoms with Gasteiger partial charge in [0.2, 0.25) is 5.91 Å². The molecule has 0 radical (unpaired) electrons. The third-order valence-electron chi connectivity index (χ3n) is 4.68. The molecule has 0 spiro atoms. The molecular formula is C18H23NO6. The van der Waals surface area contributed by atoms with Crippen molar-refractivity contribution in [2.45, 2.75) is 25.3 Å². The Morgan fingerprint density at radius 3 is 2.92 bits per heavy atom. The zero-order chi connectivity index (χ0) is 17.8. The summed E-state index contributed by atoms with van der Waals surface area (Å²) in [7, 11) is 1.56. The first-order valence-corrected chi connectivity index (χ1v) is 8.53. The van der Waals surface area contributed by atoms with Gasteiger partial charge in [-0.15, -0.1) is 0 Å². The quantitative estimate of drug-likeness (QED) is 0.873. The maximum atomic E-state index is 12.5. The highest BCUT2D eigenvalue weighted by molar-refractivity contribution is 5.82. The Morgan fingerprint density at radius 1 is 1.36 bits per heavy atom. The first kappa shape index (κ1) is 17.5. The fourth-order valence-electron chi connectivity index (χ4n) is 3.50. The average molecular weight is 349 g/mol. The van der Waals surface area contributed by atoms with Crippen molar-refractivity contribution in [1.82, 2.24) is 4.90 Å². The zero-order valence-corrected chi connectivity index (χ0v) is 14.3. The lowest BCUT2D eigenvalue weighted by molar-refractivity contribution is -0.152. The normalized spacial score (nSPS) is 23.2. The van der Waals surface area contributed by atoms with E-state index in [1.807, 2.05) is 18.2 Å². The smallest absolute Gasteiger partial charge is 0.308 e. The van der Waals surface area contributed by atoms with Gasteiger partial charge in [-0.05, 0) is 12.5 Å². The number of methoxy groups -OCH3 is 1. The molecule has 1 N–H and O–H groups in total. The lowest BCUT2D eigenvalue weighted by atomic mass is 9.83. The van der Waals surface area contributed by atoms with Crippen LogP contribution in [0.1, 0.15) is 30.9 Å². The molecule has 0 unspecified atom stereocenters. The second-order valence-electron chi connectivity index (χ2n) is 6.23. The molecule has 7 nitrogen and oxygen atoms in total. The van der Waals surface area contributed by atoms with Crippen LogP contribution in [0.15, 0.2) is 18.2 Å². The molecule has 2 heterocycles. The van der Waals surface area contributed by atoms with Gasteiger partial charge in [-0.3, -0.25) is 9.59 Å². The minimum atomic E-state index is -0.910. The number of carbonyl (C=O) groups is 2. The average Bonchev–Trinajstić information content (AvgIpc) is 2.85. The summed E-state index contributed by atoms with van der Waals surface area (Å²) in [6.45, 7) is 1.74. The van der Waals surface area contributed by atoms with Gasteiger partial charge in [0, 0.05) is 32.1 Å². The summed E-state index contributed by atoms with van der Waals surface area (Å²) in [4.78, 5) is 26.0. The standard InChI is InChI=1S/C18H23NO6/c1-23-11-8-19-15(20)7-6-13(18(21)22)16(19)12-4-2-5-14-17(12)25-10-3-9-24-14/h2,4-5,13,16H,3,6-11H2,1H3,(H,21,22)/t13-,16-/m1/s1. The molecule has 0 saturated carbocycles. The van der Waals surface area contributed by atoms with Crippen molar-refractivity contribution in [3.63, 3.8) is 0 Å². The van der Waals surface area contributed by atoms with Gasteiger partial charge in [0.1, 0.15) is 0 Å². The molecule has 0 bridgehead atoms. The highest BCUT2D eigenvalue weighted by atomic mass is 16.5. The second-order valence-corrected chi connectivity index (χ2v) is 6.23. The van der Waals surface area contributed by atoms with E-state index in [2.05, 4.69) is 0 Å². The van der Waals surface area contributed by atoms with Crippen LogP contribution in [0.25, 0.3) is 0 Å². The molecule has 7 heteroatoms. The summed E-state index contributed by atoms with van der Waals surface area (Å²) in [6, 6.07) is 4.86. The number of carboxylic acids is 1. The Bertz CT molecular complexity index is 646. The van der Waals surface area contributed by atoms with Gasteiger partial charge >= 0.3 is 5.97 Å². The number of amides is 1. The molecule has 1 aromatic rings. The molecule has 0 aliphatic carbocycles. The topological polar surface area (TPSA) is 85.3 Å². The molecular weight excluding hydrogens is 326 g/mol. The van der Waals surface area contributed by atoms with Crippen LogP contribution in [0, 0.1) is 5.92 Å². The Morgan fingerprint density at radius 2 is 2.16 bits per heavy atom. The summed E-state index contributed by atoms with van der Waals surface area (Å²) in [5.41, 5.74) is 0.691. The molecule has 1 aromatic carbocycles. The number of aliphatic carboxylic acids is 1. The second kappa shape index (κ2) is 7.74. The SMILES string of the molecule is COCCN1C(=O)CC[C@@H](C(=O)O)[C@H]1c1cccc2c1OCCCO2. The number of likely N-dealkylation sites (tertiary alicyclic amines) is 1. The molecule has 1 fully saturated rings. The van der Waals surface area contributed by atoms with E-state index in [9.17, 15) is 14.7 Å². The van der Waals surface area contributed by atoms with Gasteiger partial charge in [-0.1, -0.05) is 12.1 Å². The molecule has 25 heavy (non-hydrogen) atoms. The number of rotatable bonds is 5. The fourth-order valence-corrected chi connectivity index (χ4v) is 3.50. The Balaban J connectivity index is 2.05. The van der Waals surface area contributed by atoms with E-state index in [0.717, 1.165) is 6.42 Å². The molecule has 136 valence electrons. The maximum absolute atomic E-state index is 12.5. The maximum Gasteiger partial charge on any atom is 0.308 e. The van der Waals surface area contributed by atoms with Crippen molar-refractivity contribution in [2.24, 2.45) is 5.92 Å². The fraction of sp³-hybridized carbons (Fsp3) is 0.556. The number of piperidine rings is 1. The predicted octanol–water partition coefficient (Wildman–Crippen LogP) is 1.86. The van der Waals surface area contributed by atoms with Crippen LogP contribution in [0.5, 0.6) is 11.5 Å². The Labute approximate surface area is 146 Å². The van der Waals surface area contributed by atoms with Crippen molar-refractivity contribution >= 4 is 11.9 Å². The number of hydrogen-bond acceptors (Lipinski definition) is 5. The summed E-state index contributed by atoms with van der Waals surface area (Å²) in [5.74, 6) is -0.510. The minimum absolute atomic E-state index is 0.0632. The summed E-state index contributed by atoms with van der Waals surface area (Å²) < 4.78 is 16.7. The Kier molecular flexibility index (Phi) is 5.43. The number of fused-ring (bicyclic) bond motifs is 1. The first-order chi connectivity index (χ1) is 12.1. The minimum Gasteiger partial charge on any atom is -0.490 e. The predicted molar refractivity (Wildman–Crippen MR) is 88.7 cm³/mol. The third kappa shape index (κ3) is 3.56. The molecule has 2 aliphatic rings. The molecule has 2 aliphatic heterocycles. The zero-order valence-electron chi connectivity index (χ0n) is 14.3. The number of para-hydroxylation sites is 1. The highest BCUT2D eigenvalue weighted by Gasteiger charge is 2.42. The number of nitrogens with zero attached hydrogens (tertiary/aromatic N) is 1. The van der Waals surface area contributed by atoms with Crippen molar-refractivity contribution in [1.29, 1.82) is 0 Å². The number of carbonyl (C=O) groups excluding carboxylic acids is 1. The van der Waals surface area contributed by atoms with Crippen LogP contribution in [0.2, 0.25) is 0 Å². The van der Waals surface area contributed by atoms with Gasteiger partial charge in [-0.25, -0.2) is 0 Å². The van der Waals surface area contributed by atoms with E-state index in [1.54, 1.807) is 12.0 Å². The van der Waals surface area contributed by atoms with Gasteiger partial charge in [0.25, 0.3) is 0 Å². The van der Waals surface area contributed by atoms with E-state index >= 15 is 0 Å². The monoisotopic (exact) mass is 349 g/mol. The van der Waals surface area contributed by atoms with E-state index < -0.39 is 17.9 Å². The van der Waals surface area contributed by atoms with Gasteiger partial charge in [0.05, 0.1) is 31.8 Å². The van der Waals surface area contributed by atoms with Crippen LogP contribution in [-0.2, 0) is 14.3 Å². The van der Waals surface area contributed by atoms with Crippen LogP contribution in [0.4, 0.5) is 0 Å². The lowest BCUT2D eigenvalue weighted by Crippen LogP contribution is -2.46. The number of hydrogen-bond donors (Lipinski definition) is 1. The van der Waals surface area contributed by atoms with Gasteiger partial charge in [0.15, 0.2) is 11.5 Å². The molecule has 1 saturated heterocycles. The first-order valence-electron chi connectivity index (χ1n) is 8.53. The van der Waals surface area contributed by atoms with Crippen LogP contribution in [0.3, 0.4) is 0 Å². The van der Waals surface area contributed by atoms with Crippen molar-refractivity contribution < 1.29 is 28.9 Å².